The van der Waals surface area contributed by atoms with E-state index in [1.807, 2.05) is 31.2 Å². The maximum absolute atomic E-state index is 11.4. The van der Waals surface area contributed by atoms with Crippen LogP contribution in [0, 0.1) is 0 Å². The van der Waals surface area contributed by atoms with Gasteiger partial charge in [-0.25, -0.2) is 4.98 Å². The molecule has 1 aromatic heterocycles. The molecule has 0 atom stereocenters. The highest BCUT2D eigenvalue weighted by Gasteiger charge is 2.10. The van der Waals surface area contributed by atoms with Crippen LogP contribution in [0.25, 0.3) is 11.0 Å². The Morgan fingerprint density at radius 1 is 1.40 bits per heavy atom. The van der Waals surface area contributed by atoms with Gasteiger partial charge in [0.25, 0.3) is 0 Å². The Kier molecular flexibility index (Phi) is 3.48. The van der Waals surface area contributed by atoms with Crippen molar-refractivity contribution < 1.29 is 4.79 Å². The van der Waals surface area contributed by atoms with E-state index in [-0.39, 0.29) is 18.3 Å². The first-order valence-corrected chi connectivity index (χ1v) is 4.71. The van der Waals surface area contributed by atoms with E-state index in [9.17, 15) is 4.79 Å². The van der Waals surface area contributed by atoms with Crippen molar-refractivity contribution in [3.8, 4) is 0 Å². The number of halogens is 1. The number of rotatable bonds is 1. The van der Waals surface area contributed by atoms with Crippen molar-refractivity contribution in [3.05, 3.63) is 30.1 Å². The van der Waals surface area contributed by atoms with E-state index < -0.39 is 0 Å². The molecule has 1 aromatic carbocycles. The molecular weight excluding hydrogens is 212 g/mol. The largest absolute Gasteiger partial charge is 0.274 e. The summed E-state index contributed by atoms with van der Waals surface area (Å²) in [6, 6.07) is 7.69. The number of nitrogens with zero attached hydrogens (tertiary/aromatic N) is 2. The van der Waals surface area contributed by atoms with Crippen molar-refractivity contribution in [1.29, 1.82) is 0 Å². The lowest BCUT2D eigenvalue weighted by atomic mass is 10.3. The Hall–Kier alpha value is -1.35. The molecule has 0 saturated carbocycles. The molecule has 2 rings (SSSR count). The molecule has 0 radical (unpaired) electrons. The van der Waals surface area contributed by atoms with Crippen LogP contribution in [0.15, 0.2) is 24.3 Å². The number of aryl methyl sites for hydroxylation is 1. The second-order valence-corrected chi connectivity index (χ2v) is 3.22. The lowest BCUT2D eigenvalue weighted by Crippen LogP contribution is -2.09. The molecular formula is C11H13ClN2O. The van der Waals surface area contributed by atoms with Gasteiger partial charge in [0.15, 0.2) is 0 Å². The van der Waals surface area contributed by atoms with E-state index in [1.54, 1.807) is 11.5 Å². The van der Waals surface area contributed by atoms with Crippen LogP contribution in [0.1, 0.15) is 24.5 Å². The predicted octanol–water partition coefficient (Wildman–Crippen LogP) is 2.68. The molecule has 80 valence electrons. The van der Waals surface area contributed by atoms with E-state index in [0.29, 0.717) is 0 Å². The first-order chi connectivity index (χ1) is 6.74. The van der Waals surface area contributed by atoms with Crippen LogP contribution in [-0.4, -0.2) is 15.5 Å². The summed E-state index contributed by atoms with van der Waals surface area (Å²) < 4.78 is 1.68. The summed E-state index contributed by atoms with van der Waals surface area (Å²) in [6.07, 6.45) is 0.772. The lowest BCUT2D eigenvalue weighted by Gasteiger charge is -2.01. The molecule has 0 bridgehead atoms. The highest BCUT2D eigenvalue weighted by Crippen LogP contribution is 2.15. The third kappa shape index (κ3) is 1.88. The Morgan fingerprint density at radius 3 is 2.67 bits per heavy atom. The zero-order valence-corrected chi connectivity index (χ0v) is 9.54. The van der Waals surface area contributed by atoms with Crippen LogP contribution in [0.4, 0.5) is 0 Å². The lowest BCUT2D eigenvalue weighted by molar-refractivity contribution is 0.0938. The molecule has 2 aromatic rings. The first kappa shape index (κ1) is 11.7. The molecule has 0 amide bonds. The average molecular weight is 225 g/mol. The molecule has 0 aliphatic heterocycles. The minimum atomic E-state index is 0. The SMILES string of the molecule is CCc1nc2ccccc2n1C(C)=O.Cl. The normalized spacial score (nSPS) is 10.0. The standard InChI is InChI=1S/C11H12N2O.ClH/c1-3-11-12-9-6-4-5-7-10(9)13(11)8(2)14;/h4-7H,3H2,1-2H3;1H. The molecule has 1 heterocycles. The molecule has 0 saturated heterocycles. The van der Waals surface area contributed by atoms with Gasteiger partial charge in [0.2, 0.25) is 5.91 Å². The molecule has 3 nitrogen and oxygen atoms in total. The average Bonchev–Trinajstić information content (AvgIpc) is 2.55. The highest BCUT2D eigenvalue weighted by molar-refractivity contribution is 5.89. The number of fused-ring (bicyclic) bond motifs is 1. The minimum Gasteiger partial charge on any atom is -0.274 e. The molecule has 0 N–H and O–H groups in total. The molecule has 0 fully saturated rings. The second-order valence-electron chi connectivity index (χ2n) is 3.22. The van der Waals surface area contributed by atoms with Gasteiger partial charge in [-0.2, -0.15) is 0 Å². The van der Waals surface area contributed by atoms with Crippen molar-refractivity contribution in [1.82, 2.24) is 9.55 Å². The number of benzene rings is 1. The van der Waals surface area contributed by atoms with Crippen molar-refractivity contribution in [2.75, 3.05) is 0 Å². The Morgan fingerprint density at radius 2 is 2.07 bits per heavy atom. The van der Waals surface area contributed by atoms with Gasteiger partial charge >= 0.3 is 0 Å². The van der Waals surface area contributed by atoms with E-state index in [1.165, 1.54) is 0 Å². The van der Waals surface area contributed by atoms with Gasteiger partial charge in [0, 0.05) is 13.3 Å². The van der Waals surface area contributed by atoms with E-state index in [0.717, 1.165) is 23.3 Å². The quantitative estimate of drug-likeness (QED) is 0.747. The fraction of sp³-hybridized carbons (Fsp3) is 0.273. The van der Waals surface area contributed by atoms with Crippen LogP contribution in [0.3, 0.4) is 0 Å². The predicted molar refractivity (Wildman–Crippen MR) is 62.7 cm³/mol. The zero-order chi connectivity index (χ0) is 10.1. The Bertz CT molecular complexity index is 490. The van der Waals surface area contributed by atoms with Crippen molar-refractivity contribution in [2.45, 2.75) is 20.3 Å². The van der Waals surface area contributed by atoms with E-state index in [2.05, 4.69) is 4.98 Å². The summed E-state index contributed by atoms with van der Waals surface area (Å²) >= 11 is 0. The van der Waals surface area contributed by atoms with E-state index in [4.69, 9.17) is 0 Å². The summed E-state index contributed by atoms with van der Waals surface area (Å²) in [5.74, 6) is 0.856. The van der Waals surface area contributed by atoms with Gasteiger partial charge in [0.05, 0.1) is 11.0 Å². The third-order valence-corrected chi connectivity index (χ3v) is 2.26. The number of imidazole rings is 1. The number of hydrogen-bond donors (Lipinski definition) is 0. The summed E-state index contributed by atoms with van der Waals surface area (Å²) in [7, 11) is 0. The molecule has 4 heteroatoms. The first-order valence-electron chi connectivity index (χ1n) is 4.71. The molecule has 15 heavy (non-hydrogen) atoms. The van der Waals surface area contributed by atoms with Crippen molar-refractivity contribution >= 4 is 29.3 Å². The molecule has 0 spiro atoms. The fourth-order valence-electron chi connectivity index (χ4n) is 1.66. The topological polar surface area (TPSA) is 34.9 Å². The summed E-state index contributed by atoms with van der Waals surface area (Å²) in [6.45, 7) is 3.56. The maximum Gasteiger partial charge on any atom is 0.229 e. The summed E-state index contributed by atoms with van der Waals surface area (Å²) in [4.78, 5) is 15.8. The van der Waals surface area contributed by atoms with E-state index >= 15 is 0 Å². The highest BCUT2D eigenvalue weighted by atomic mass is 35.5. The van der Waals surface area contributed by atoms with Crippen LogP contribution in [0.2, 0.25) is 0 Å². The number of hydrogen-bond acceptors (Lipinski definition) is 2. The zero-order valence-electron chi connectivity index (χ0n) is 8.73. The van der Waals surface area contributed by atoms with Crippen molar-refractivity contribution in [2.24, 2.45) is 0 Å². The number of carbonyl (C=O) groups is 1. The van der Waals surface area contributed by atoms with Gasteiger partial charge < -0.3 is 0 Å². The van der Waals surface area contributed by atoms with Gasteiger partial charge in [-0.3, -0.25) is 9.36 Å². The Labute approximate surface area is 94.5 Å². The summed E-state index contributed by atoms with van der Waals surface area (Å²) in [5.41, 5.74) is 1.79. The Balaban J connectivity index is 0.00000112. The fourth-order valence-corrected chi connectivity index (χ4v) is 1.66. The minimum absolute atomic E-state index is 0. The third-order valence-electron chi connectivity index (χ3n) is 2.26. The van der Waals surface area contributed by atoms with Gasteiger partial charge in [0.1, 0.15) is 5.82 Å². The van der Waals surface area contributed by atoms with Crippen LogP contribution in [-0.2, 0) is 6.42 Å². The number of para-hydroxylation sites is 2. The number of aromatic nitrogens is 2. The van der Waals surface area contributed by atoms with Crippen LogP contribution >= 0.6 is 12.4 Å². The monoisotopic (exact) mass is 224 g/mol. The smallest absolute Gasteiger partial charge is 0.229 e. The van der Waals surface area contributed by atoms with Crippen LogP contribution < -0.4 is 0 Å². The molecule has 0 unspecified atom stereocenters. The van der Waals surface area contributed by atoms with Crippen LogP contribution in [0.5, 0.6) is 0 Å². The van der Waals surface area contributed by atoms with Gasteiger partial charge in [-0.15, -0.1) is 12.4 Å². The summed E-state index contributed by atoms with van der Waals surface area (Å²) in [5, 5.41) is 0. The van der Waals surface area contributed by atoms with Crippen molar-refractivity contribution in [3.63, 3.8) is 0 Å². The van der Waals surface area contributed by atoms with Gasteiger partial charge in [-0.1, -0.05) is 19.1 Å². The van der Waals surface area contributed by atoms with Gasteiger partial charge in [-0.05, 0) is 12.1 Å². The maximum atomic E-state index is 11.4. The second kappa shape index (κ2) is 4.45. The molecule has 0 aliphatic carbocycles. The number of carbonyl (C=O) groups excluding carboxylic acids is 1. The molecule has 0 aliphatic rings.